The molecule has 1 aromatic rings. The Hall–Kier alpha value is -0.380. The highest BCUT2D eigenvalue weighted by Crippen LogP contribution is 2.16. The lowest BCUT2D eigenvalue weighted by Gasteiger charge is -2.05. The van der Waals surface area contributed by atoms with Gasteiger partial charge in [-0.3, -0.25) is 0 Å². The molecule has 0 aliphatic heterocycles. The van der Waals surface area contributed by atoms with Crippen LogP contribution in [-0.4, -0.2) is 6.54 Å². The van der Waals surface area contributed by atoms with E-state index in [9.17, 15) is 4.39 Å². The van der Waals surface area contributed by atoms with Crippen molar-refractivity contribution in [3.8, 4) is 0 Å². The maximum absolute atomic E-state index is 12.8. The third-order valence-corrected chi connectivity index (χ3v) is 2.29. The van der Waals surface area contributed by atoms with Gasteiger partial charge in [0.2, 0.25) is 0 Å². The van der Waals surface area contributed by atoms with Crippen molar-refractivity contribution in [1.82, 2.24) is 5.32 Å². The van der Waals surface area contributed by atoms with Gasteiger partial charge in [-0.05, 0) is 23.8 Å². The van der Waals surface area contributed by atoms with E-state index in [1.807, 2.05) is 0 Å². The number of nitrogens with one attached hydrogen (secondary N) is 1. The van der Waals surface area contributed by atoms with Gasteiger partial charge in [0, 0.05) is 22.6 Å². The molecule has 0 aliphatic carbocycles. The van der Waals surface area contributed by atoms with E-state index in [0.29, 0.717) is 18.1 Å². The molecule has 1 rings (SSSR count). The second-order valence-corrected chi connectivity index (χ2v) is 4.39. The zero-order valence-electron chi connectivity index (χ0n) is 7.49. The van der Waals surface area contributed by atoms with Crippen molar-refractivity contribution in [2.75, 3.05) is 6.54 Å². The summed E-state index contributed by atoms with van der Waals surface area (Å²) in [5.41, 5.74) is 0.750. The fourth-order valence-electron chi connectivity index (χ4n) is 1.01. The molecule has 0 saturated heterocycles. The summed E-state index contributed by atoms with van der Waals surface area (Å²) in [6.45, 7) is 4.83. The molecule has 1 N–H and O–H groups in total. The minimum atomic E-state index is -0.274. The largest absolute Gasteiger partial charge is 0.308 e. The summed E-state index contributed by atoms with van der Waals surface area (Å²) in [5, 5.41) is 3.64. The Morgan fingerprint density at radius 1 is 1.57 bits per heavy atom. The fraction of sp³-hybridized carbons (Fsp3) is 0.200. The van der Waals surface area contributed by atoms with Gasteiger partial charge in [0.05, 0.1) is 0 Å². The highest BCUT2D eigenvalue weighted by molar-refractivity contribution is 9.11. The van der Waals surface area contributed by atoms with Gasteiger partial charge in [-0.25, -0.2) is 4.39 Å². The topological polar surface area (TPSA) is 12.0 Å². The Morgan fingerprint density at radius 3 is 2.93 bits per heavy atom. The molecule has 4 heteroatoms. The summed E-state index contributed by atoms with van der Waals surface area (Å²) in [4.78, 5) is 0. The summed E-state index contributed by atoms with van der Waals surface area (Å²) in [6, 6.07) is 4.32. The molecule has 0 heterocycles. The van der Waals surface area contributed by atoms with Crippen LogP contribution in [0.25, 0.3) is 0 Å². The molecule has 1 nitrogen and oxygen atoms in total. The first-order chi connectivity index (χ1) is 6.59. The smallest absolute Gasteiger partial charge is 0.123 e. The van der Waals surface area contributed by atoms with Crippen LogP contribution in [0.5, 0.6) is 0 Å². The van der Waals surface area contributed by atoms with Crippen molar-refractivity contribution in [1.29, 1.82) is 0 Å². The molecule has 0 radical (unpaired) electrons. The van der Waals surface area contributed by atoms with Crippen LogP contribution in [0, 0.1) is 5.82 Å². The zero-order valence-corrected chi connectivity index (χ0v) is 9.83. The van der Waals surface area contributed by atoms with E-state index in [1.54, 1.807) is 6.07 Å². The maximum Gasteiger partial charge on any atom is 0.123 e. The summed E-state index contributed by atoms with van der Waals surface area (Å²) in [6.07, 6.45) is 0. The van der Waals surface area contributed by atoms with E-state index in [0.717, 1.165) is 10.0 Å². The van der Waals surface area contributed by atoms with Gasteiger partial charge in [-0.1, -0.05) is 34.1 Å². The second-order valence-electron chi connectivity index (χ2n) is 2.86. The zero-order chi connectivity index (χ0) is 10.6. The van der Waals surface area contributed by atoms with Crippen molar-refractivity contribution in [3.63, 3.8) is 0 Å². The minimum absolute atomic E-state index is 0.274. The van der Waals surface area contributed by atoms with Crippen LogP contribution in [0.1, 0.15) is 5.56 Å². The molecule has 76 valence electrons. The molecule has 1 aromatic carbocycles. The van der Waals surface area contributed by atoms with E-state index in [-0.39, 0.29) is 5.82 Å². The van der Waals surface area contributed by atoms with Crippen LogP contribution in [0.4, 0.5) is 4.39 Å². The average molecular weight is 279 g/mol. The van der Waals surface area contributed by atoms with Crippen molar-refractivity contribution >= 4 is 27.5 Å². The Balaban J connectivity index is 2.57. The first kappa shape index (κ1) is 11.7. The molecule has 0 amide bonds. The molecule has 0 aromatic heterocycles. The molecular weight excluding hydrogens is 268 g/mol. The van der Waals surface area contributed by atoms with Crippen LogP contribution in [-0.2, 0) is 6.54 Å². The van der Waals surface area contributed by atoms with Crippen LogP contribution in [0.15, 0.2) is 29.3 Å². The van der Waals surface area contributed by atoms with E-state index < -0.39 is 0 Å². The number of rotatable bonds is 4. The summed E-state index contributed by atoms with van der Waals surface area (Å²) in [7, 11) is 0. The SMILES string of the molecule is C=C(Br)CNCc1cc(F)ccc1Cl. The highest BCUT2D eigenvalue weighted by Gasteiger charge is 2.01. The van der Waals surface area contributed by atoms with Crippen LogP contribution < -0.4 is 5.32 Å². The first-order valence-electron chi connectivity index (χ1n) is 4.07. The van der Waals surface area contributed by atoms with E-state index in [1.165, 1.54) is 12.1 Å². The average Bonchev–Trinajstić information content (AvgIpc) is 2.10. The Labute approximate surface area is 96.1 Å². The van der Waals surface area contributed by atoms with Crippen molar-refractivity contribution < 1.29 is 4.39 Å². The molecule has 0 fully saturated rings. The lowest BCUT2D eigenvalue weighted by molar-refractivity contribution is 0.623. The predicted molar refractivity (Wildman–Crippen MR) is 61.2 cm³/mol. The fourth-order valence-corrected chi connectivity index (χ4v) is 1.39. The number of hydrogen-bond donors (Lipinski definition) is 1. The molecule has 0 bridgehead atoms. The van der Waals surface area contributed by atoms with Gasteiger partial charge >= 0.3 is 0 Å². The number of halogens is 3. The molecule has 0 atom stereocenters. The normalized spacial score (nSPS) is 10.2. The van der Waals surface area contributed by atoms with Crippen molar-refractivity contribution in [2.45, 2.75) is 6.54 Å². The van der Waals surface area contributed by atoms with Gasteiger partial charge in [-0.2, -0.15) is 0 Å². The van der Waals surface area contributed by atoms with Crippen LogP contribution in [0.2, 0.25) is 5.02 Å². The van der Waals surface area contributed by atoms with E-state index in [2.05, 4.69) is 27.8 Å². The predicted octanol–water partition coefficient (Wildman–Crippen LogP) is 3.48. The number of hydrogen-bond acceptors (Lipinski definition) is 1. The Morgan fingerprint density at radius 2 is 2.29 bits per heavy atom. The standard InChI is InChI=1S/C10H10BrClFN/c1-7(11)5-14-6-8-4-9(13)2-3-10(8)12/h2-4,14H,1,5-6H2. The minimum Gasteiger partial charge on any atom is -0.308 e. The van der Waals surface area contributed by atoms with Crippen LogP contribution in [0.3, 0.4) is 0 Å². The van der Waals surface area contributed by atoms with Gasteiger partial charge < -0.3 is 5.32 Å². The molecule has 0 saturated carbocycles. The highest BCUT2D eigenvalue weighted by atomic mass is 79.9. The third kappa shape index (κ3) is 3.78. The van der Waals surface area contributed by atoms with Gasteiger partial charge in [0.25, 0.3) is 0 Å². The Bertz CT molecular complexity index is 341. The monoisotopic (exact) mass is 277 g/mol. The van der Waals surface area contributed by atoms with Gasteiger partial charge in [-0.15, -0.1) is 0 Å². The Kier molecular flexibility index (Phi) is 4.58. The molecule has 14 heavy (non-hydrogen) atoms. The van der Waals surface area contributed by atoms with E-state index in [4.69, 9.17) is 11.6 Å². The van der Waals surface area contributed by atoms with Gasteiger partial charge in [0.1, 0.15) is 5.82 Å². The van der Waals surface area contributed by atoms with Gasteiger partial charge in [0.15, 0.2) is 0 Å². The quantitative estimate of drug-likeness (QED) is 0.889. The summed E-state index contributed by atoms with van der Waals surface area (Å²) < 4.78 is 13.7. The first-order valence-corrected chi connectivity index (χ1v) is 5.24. The summed E-state index contributed by atoms with van der Waals surface area (Å²) in [5.74, 6) is -0.274. The number of benzene rings is 1. The molecular formula is C10H10BrClFN. The molecule has 0 spiro atoms. The summed E-state index contributed by atoms with van der Waals surface area (Å²) >= 11 is 9.09. The lowest BCUT2D eigenvalue weighted by atomic mass is 10.2. The lowest BCUT2D eigenvalue weighted by Crippen LogP contribution is -2.14. The molecule has 0 aliphatic rings. The van der Waals surface area contributed by atoms with Crippen LogP contribution >= 0.6 is 27.5 Å². The molecule has 0 unspecified atom stereocenters. The second kappa shape index (κ2) is 5.49. The third-order valence-electron chi connectivity index (χ3n) is 1.64. The van der Waals surface area contributed by atoms with E-state index >= 15 is 0 Å². The van der Waals surface area contributed by atoms with Crippen molar-refractivity contribution in [3.05, 3.63) is 45.7 Å². The maximum atomic E-state index is 12.8. The van der Waals surface area contributed by atoms with Crippen molar-refractivity contribution in [2.24, 2.45) is 0 Å².